The maximum Gasteiger partial charge on any atom is 0.408 e. The molecule has 3 rings (SSSR count). The van der Waals surface area contributed by atoms with E-state index in [9.17, 15) is 4.79 Å². The third-order valence-electron chi connectivity index (χ3n) is 6.27. The molecule has 1 aromatic heterocycles. The molecule has 0 spiro atoms. The number of aromatic nitrogens is 2. The number of imidazole rings is 1. The fourth-order valence-electron chi connectivity index (χ4n) is 4.29. The van der Waals surface area contributed by atoms with Gasteiger partial charge in [0.2, 0.25) is 0 Å². The second-order valence-corrected chi connectivity index (χ2v) is 10.6. The summed E-state index contributed by atoms with van der Waals surface area (Å²) in [5.41, 5.74) is 7.57. The van der Waals surface area contributed by atoms with Crippen LogP contribution in [0.25, 0.3) is 11.3 Å². The third kappa shape index (κ3) is 6.51. The van der Waals surface area contributed by atoms with Gasteiger partial charge in [-0.05, 0) is 30.9 Å². The Hall–Kier alpha value is -3.12. The largest absolute Gasteiger partial charge is 0.434 e. The highest BCUT2D eigenvalue weighted by atomic mass is 16.6. The average Bonchev–Trinajstić information content (AvgIpc) is 3.25. The first-order valence-electron chi connectivity index (χ1n) is 12.5. The Morgan fingerprint density at radius 2 is 1.69 bits per heavy atom. The summed E-state index contributed by atoms with van der Waals surface area (Å²) in [5, 5.41) is 2.93. The van der Waals surface area contributed by atoms with Gasteiger partial charge in [-0.15, -0.1) is 0 Å². The first-order valence-corrected chi connectivity index (χ1v) is 12.5. The Morgan fingerprint density at radius 1 is 1.06 bits per heavy atom. The number of rotatable bonds is 10. The average molecular weight is 477 g/mol. The van der Waals surface area contributed by atoms with Crippen molar-refractivity contribution in [1.82, 2.24) is 14.9 Å². The van der Waals surface area contributed by atoms with Crippen LogP contribution in [0.1, 0.15) is 58.8 Å². The number of nitrogens with one attached hydrogen (secondary N) is 1. The second kappa shape index (κ2) is 11.5. The van der Waals surface area contributed by atoms with Crippen molar-refractivity contribution in [1.29, 1.82) is 0 Å². The molecule has 188 valence electrons. The molecule has 0 unspecified atom stereocenters. The molecule has 0 saturated heterocycles. The SMILES string of the molecule is CC(C)CNC(=O)O[C@@](CCCN)(c1nc(-c2ccccc2)cn1Cc1ccccc1)C(C)(C)C. The molecule has 3 N–H and O–H groups in total. The summed E-state index contributed by atoms with van der Waals surface area (Å²) in [6, 6.07) is 20.4. The van der Waals surface area contributed by atoms with E-state index in [-0.39, 0.29) is 0 Å². The first-order chi connectivity index (χ1) is 16.7. The molecule has 1 heterocycles. The number of ether oxygens (including phenoxy) is 1. The van der Waals surface area contributed by atoms with Gasteiger partial charge in [0.1, 0.15) is 0 Å². The number of carbonyl (C=O) groups excluding carboxylic acids is 1. The van der Waals surface area contributed by atoms with E-state index in [0.717, 1.165) is 22.6 Å². The summed E-state index contributed by atoms with van der Waals surface area (Å²) in [7, 11) is 0. The molecule has 0 saturated carbocycles. The summed E-state index contributed by atoms with van der Waals surface area (Å²) in [6.07, 6.45) is 2.91. The van der Waals surface area contributed by atoms with Crippen molar-refractivity contribution in [3.8, 4) is 11.3 Å². The lowest BCUT2D eigenvalue weighted by Crippen LogP contribution is -2.49. The molecule has 1 amide bonds. The zero-order valence-electron chi connectivity index (χ0n) is 21.8. The zero-order chi connectivity index (χ0) is 25.5. The minimum atomic E-state index is -0.977. The normalized spacial score (nSPS) is 13.5. The van der Waals surface area contributed by atoms with Crippen molar-refractivity contribution in [2.75, 3.05) is 13.1 Å². The van der Waals surface area contributed by atoms with Gasteiger partial charge >= 0.3 is 6.09 Å². The number of alkyl carbamates (subject to hydrolysis) is 1. The fourth-order valence-corrected chi connectivity index (χ4v) is 4.29. The Bertz CT molecular complexity index is 1070. The van der Waals surface area contributed by atoms with Gasteiger partial charge < -0.3 is 20.4 Å². The number of hydrogen-bond acceptors (Lipinski definition) is 4. The predicted octanol–water partition coefficient (Wildman–Crippen LogP) is 5.96. The van der Waals surface area contributed by atoms with Crippen LogP contribution in [-0.4, -0.2) is 28.7 Å². The highest BCUT2D eigenvalue weighted by molar-refractivity contribution is 5.68. The molecule has 0 radical (unpaired) electrons. The Morgan fingerprint density at radius 3 is 2.26 bits per heavy atom. The molecule has 2 aromatic carbocycles. The van der Waals surface area contributed by atoms with Crippen molar-refractivity contribution in [2.24, 2.45) is 17.1 Å². The number of carbonyl (C=O) groups is 1. The smallest absolute Gasteiger partial charge is 0.408 e. The molecule has 6 heteroatoms. The van der Waals surface area contributed by atoms with Crippen LogP contribution in [0.4, 0.5) is 4.79 Å². The molecular weight excluding hydrogens is 436 g/mol. The number of hydrogen-bond donors (Lipinski definition) is 2. The van der Waals surface area contributed by atoms with Crippen LogP contribution in [0, 0.1) is 11.3 Å². The lowest BCUT2D eigenvalue weighted by Gasteiger charge is -2.43. The third-order valence-corrected chi connectivity index (χ3v) is 6.27. The lowest BCUT2D eigenvalue weighted by atomic mass is 9.72. The standard InChI is InChI=1S/C29H40N4O2/c1-22(2)19-31-27(34)35-29(17-12-18-30,28(3,4)5)26-32-25(24-15-10-7-11-16-24)21-33(26)20-23-13-8-6-9-14-23/h6-11,13-16,21-22H,12,17-20,30H2,1-5H3,(H,31,34)/t29-/m0/s1. The van der Waals surface area contributed by atoms with Crippen molar-refractivity contribution in [2.45, 2.75) is 59.6 Å². The molecule has 35 heavy (non-hydrogen) atoms. The van der Waals surface area contributed by atoms with Crippen LogP contribution >= 0.6 is 0 Å². The van der Waals surface area contributed by atoms with Crippen LogP contribution in [0.5, 0.6) is 0 Å². The van der Waals surface area contributed by atoms with Crippen molar-refractivity contribution in [3.63, 3.8) is 0 Å². The summed E-state index contributed by atoms with van der Waals surface area (Å²) in [5.74, 6) is 1.06. The molecule has 0 bridgehead atoms. The van der Waals surface area contributed by atoms with E-state index < -0.39 is 17.1 Å². The van der Waals surface area contributed by atoms with Crippen molar-refractivity contribution < 1.29 is 9.53 Å². The fraction of sp³-hybridized carbons (Fsp3) is 0.448. The molecule has 0 aliphatic carbocycles. The molecular formula is C29H40N4O2. The lowest BCUT2D eigenvalue weighted by molar-refractivity contribution is -0.0898. The summed E-state index contributed by atoms with van der Waals surface area (Å²) in [4.78, 5) is 18.2. The number of nitrogens with two attached hydrogens (primary N) is 1. The quantitative estimate of drug-likeness (QED) is 0.378. The highest BCUT2D eigenvalue weighted by Crippen LogP contribution is 2.46. The first kappa shape index (κ1) is 26.5. The number of nitrogens with zero attached hydrogens (tertiary/aromatic N) is 2. The van der Waals surface area contributed by atoms with Gasteiger partial charge in [-0.3, -0.25) is 0 Å². The minimum absolute atomic E-state index is 0.320. The molecule has 3 aromatic rings. The maximum absolute atomic E-state index is 13.1. The molecule has 6 nitrogen and oxygen atoms in total. The molecule has 0 aliphatic rings. The minimum Gasteiger partial charge on any atom is -0.434 e. The topological polar surface area (TPSA) is 82.2 Å². The van der Waals surface area contributed by atoms with Crippen LogP contribution < -0.4 is 11.1 Å². The molecule has 0 fully saturated rings. The van der Waals surface area contributed by atoms with Crippen molar-refractivity contribution >= 4 is 6.09 Å². The van der Waals surface area contributed by atoms with Gasteiger partial charge in [-0.2, -0.15) is 0 Å². The van der Waals surface area contributed by atoms with E-state index in [2.05, 4.69) is 62.8 Å². The number of benzene rings is 2. The van der Waals surface area contributed by atoms with Gasteiger partial charge in [0.05, 0.1) is 5.69 Å². The van der Waals surface area contributed by atoms with E-state index in [4.69, 9.17) is 15.5 Å². The van der Waals surface area contributed by atoms with Gasteiger partial charge in [-0.25, -0.2) is 9.78 Å². The Labute approximate surface area is 209 Å². The second-order valence-electron chi connectivity index (χ2n) is 10.6. The van der Waals surface area contributed by atoms with Gasteiger partial charge in [-0.1, -0.05) is 95.3 Å². The molecule has 1 atom stereocenters. The monoisotopic (exact) mass is 476 g/mol. The summed E-state index contributed by atoms with van der Waals surface area (Å²) < 4.78 is 8.51. The van der Waals surface area contributed by atoms with Crippen molar-refractivity contribution in [3.05, 3.63) is 78.2 Å². The van der Waals surface area contributed by atoms with Crippen LogP contribution in [0.3, 0.4) is 0 Å². The molecule has 0 aliphatic heterocycles. The van der Waals surface area contributed by atoms with Crippen LogP contribution in [-0.2, 0) is 16.9 Å². The summed E-state index contributed by atoms with van der Waals surface area (Å²) >= 11 is 0. The van der Waals surface area contributed by atoms with E-state index in [1.54, 1.807) is 0 Å². The van der Waals surface area contributed by atoms with E-state index >= 15 is 0 Å². The van der Waals surface area contributed by atoms with Crippen LogP contribution in [0.2, 0.25) is 0 Å². The van der Waals surface area contributed by atoms with E-state index in [1.807, 2.05) is 48.5 Å². The van der Waals surface area contributed by atoms with Gasteiger partial charge in [0.15, 0.2) is 11.4 Å². The highest BCUT2D eigenvalue weighted by Gasteiger charge is 2.50. The zero-order valence-corrected chi connectivity index (χ0v) is 21.8. The summed E-state index contributed by atoms with van der Waals surface area (Å²) in [6.45, 7) is 12.1. The predicted molar refractivity (Wildman–Crippen MR) is 142 cm³/mol. The van der Waals surface area contributed by atoms with Crippen LogP contribution in [0.15, 0.2) is 66.9 Å². The van der Waals surface area contributed by atoms with Gasteiger partial charge in [0, 0.05) is 30.3 Å². The van der Waals surface area contributed by atoms with E-state index in [1.165, 1.54) is 0 Å². The van der Waals surface area contributed by atoms with E-state index in [0.29, 0.717) is 38.4 Å². The number of amides is 1. The maximum atomic E-state index is 13.1. The Balaban J connectivity index is 2.16. The van der Waals surface area contributed by atoms with Gasteiger partial charge in [0.25, 0.3) is 0 Å². The Kier molecular flexibility index (Phi) is 8.73.